The third-order valence-electron chi connectivity index (χ3n) is 3.02. The molecule has 2 aromatic carbocycles. The lowest BCUT2D eigenvalue weighted by atomic mass is 10.2. The molecule has 0 saturated heterocycles. The van der Waals surface area contributed by atoms with E-state index in [0.717, 1.165) is 15.7 Å². The van der Waals surface area contributed by atoms with Gasteiger partial charge in [-0.2, -0.15) is 0 Å². The highest BCUT2D eigenvalue weighted by Crippen LogP contribution is 2.28. The van der Waals surface area contributed by atoms with E-state index in [1.807, 2.05) is 42.5 Å². The highest BCUT2D eigenvalue weighted by Gasteiger charge is 2.09. The summed E-state index contributed by atoms with van der Waals surface area (Å²) in [5.74, 6) is 1.11. The van der Waals surface area contributed by atoms with Gasteiger partial charge in [-0.15, -0.1) is 10.2 Å². The lowest BCUT2D eigenvalue weighted by Gasteiger charge is -2.04. The van der Waals surface area contributed by atoms with Crippen molar-refractivity contribution in [1.29, 1.82) is 0 Å². The maximum atomic E-state index is 11.9. The molecule has 1 heterocycles. The molecule has 3 aromatic rings. The lowest BCUT2D eigenvalue weighted by Crippen LogP contribution is -2.20. The molecule has 1 N–H and O–H groups in total. The van der Waals surface area contributed by atoms with Crippen molar-refractivity contribution >= 4 is 45.7 Å². The van der Waals surface area contributed by atoms with Gasteiger partial charge in [0.15, 0.2) is 10.9 Å². The van der Waals surface area contributed by atoms with Gasteiger partial charge < -0.3 is 4.74 Å². The molecule has 128 valence electrons. The molecule has 0 radical (unpaired) electrons. The first-order valence-corrected chi connectivity index (χ1v) is 9.55. The maximum Gasteiger partial charge on any atom is 0.264 e. The quantitative estimate of drug-likeness (QED) is 0.474. The number of nitrogens with one attached hydrogen (secondary N) is 1. The van der Waals surface area contributed by atoms with Gasteiger partial charge in [-0.3, -0.25) is 10.1 Å². The smallest absolute Gasteiger partial charge is 0.264 e. The first kappa shape index (κ1) is 17.7. The second kappa shape index (κ2) is 8.84. The molecule has 25 heavy (non-hydrogen) atoms. The lowest BCUT2D eigenvalue weighted by molar-refractivity contribution is -0.118. The highest BCUT2D eigenvalue weighted by molar-refractivity contribution is 8.00. The molecule has 0 aliphatic heterocycles. The molecule has 0 unspecified atom stereocenters. The third kappa shape index (κ3) is 5.74. The van der Waals surface area contributed by atoms with Crippen LogP contribution >= 0.6 is 34.7 Å². The predicted octanol–water partition coefficient (Wildman–Crippen LogP) is 4.50. The summed E-state index contributed by atoms with van der Waals surface area (Å²) in [6.45, 7) is -0.0748. The molecule has 0 saturated carbocycles. The second-order valence-electron chi connectivity index (χ2n) is 4.94. The van der Waals surface area contributed by atoms with Crippen molar-refractivity contribution in [3.05, 3.63) is 65.2 Å². The minimum atomic E-state index is -0.272. The van der Waals surface area contributed by atoms with Crippen LogP contribution in [-0.2, 0) is 10.5 Å². The zero-order valence-electron chi connectivity index (χ0n) is 13.0. The first-order chi connectivity index (χ1) is 12.2. The summed E-state index contributed by atoms with van der Waals surface area (Å²) in [6, 6.07) is 16.8. The Hall–Kier alpha value is -2.09. The van der Waals surface area contributed by atoms with E-state index in [4.69, 9.17) is 16.3 Å². The molecule has 0 spiro atoms. The van der Waals surface area contributed by atoms with Crippen LogP contribution in [0.1, 0.15) is 5.56 Å². The van der Waals surface area contributed by atoms with E-state index < -0.39 is 0 Å². The van der Waals surface area contributed by atoms with Gasteiger partial charge >= 0.3 is 0 Å². The number of nitrogens with zero attached hydrogens (tertiary/aromatic N) is 2. The number of carbonyl (C=O) groups is 1. The fraction of sp³-hybridized carbons (Fsp3) is 0.118. The molecule has 0 fully saturated rings. The van der Waals surface area contributed by atoms with Gasteiger partial charge in [-0.1, -0.05) is 65.0 Å². The summed E-state index contributed by atoms with van der Waals surface area (Å²) >= 11 is 8.84. The van der Waals surface area contributed by atoms with Gasteiger partial charge in [0.1, 0.15) is 5.75 Å². The van der Waals surface area contributed by atoms with Crippen LogP contribution in [0.15, 0.2) is 58.9 Å². The fourth-order valence-corrected chi connectivity index (χ4v) is 3.84. The Morgan fingerprint density at radius 1 is 1.16 bits per heavy atom. The number of halogens is 1. The average molecular weight is 392 g/mol. The monoisotopic (exact) mass is 391 g/mol. The second-order valence-corrected chi connectivity index (χ2v) is 7.58. The third-order valence-corrected chi connectivity index (χ3v) is 5.30. The Bertz CT molecular complexity index is 843. The van der Waals surface area contributed by atoms with E-state index in [1.165, 1.54) is 11.3 Å². The number of hydrogen-bond acceptors (Lipinski definition) is 6. The molecule has 1 amide bonds. The van der Waals surface area contributed by atoms with E-state index in [1.54, 1.807) is 23.9 Å². The summed E-state index contributed by atoms with van der Waals surface area (Å²) in [6.07, 6.45) is 0. The first-order valence-electron chi connectivity index (χ1n) is 7.37. The van der Waals surface area contributed by atoms with Gasteiger partial charge in [0.2, 0.25) is 5.13 Å². The molecule has 1 aromatic heterocycles. The zero-order chi connectivity index (χ0) is 17.5. The molecule has 0 bridgehead atoms. The predicted molar refractivity (Wildman–Crippen MR) is 101 cm³/mol. The van der Waals surface area contributed by atoms with Gasteiger partial charge in [0.05, 0.1) is 0 Å². The number of thioether (sulfide) groups is 1. The molecular weight excluding hydrogens is 378 g/mol. The summed E-state index contributed by atoms with van der Waals surface area (Å²) < 4.78 is 6.17. The van der Waals surface area contributed by atoms with Crippen molar-refractivity contribution in [2.24, 2.45) is 0 Å². The van der Waals surface area contributed by atoms with Gasteiger partial charge in [-0.05, 0) is 29.8 Å². The topological polar surface area (TPSA) is 64.1 Å². The summed E-state index contributed by atoms with van der Waals surface area (Å²) in [5, 5.41) is 11.9. The number of rotatable bonds is 7. The normalized spacial score (nSPS) is 10.4. The number of carbonyl (C=O) groups excluding carboxylic acids is 1. The van der Waals surface area contributed by atoms with Gasteiger partial charge in [-0.25, -0.2) is 0 Å². The molecule has 3 rings (SSSR count). The van der Waals surface area contributed by atoms with E-state index in [2.05, 4.69) is 15.5 Å². The van der Waals surface area contributed by atoms with Crippen molar-refractivity contribution in [2.45, 2.75) is 10.1 Å². The van der Waals surface area contributed by atoms with Crippen LogP contribution in [0.5, 0.6) is 5.75 Å². The SMILES string of the molecule is O=C(COc1ccccc1)Nc1nnc(SCc2cccc(Cl)c2)s1. The zero-order valence-corrected chi connectivity index (χ0v) is 15.4. The van der Waals surface area contributed by atoms with E-state index in [-0.39, 0.29) is 12.5 Å². The van der Waals surface area contributed by atoms with Crippen molar-refractivity contribution in [3.8, 4) is 5.75 Å². The Morgan fingerprint density at radius 2 is 2.00 bits per heavy atom. The van der Waals surface area contributed by atoms with Crippen LogP contribution < -0.4 is 10.1 Å². The van der Waals surface area contributed by atoms with E-state index in [0.29, 0.717) is 15.9 Å². The Balaban J connectivity index is 1.47. The van der Waals surface area contributed by atoms with Crippen molar-refractivity contribution in [1.82, 2.24) is 10.2 Å². The number of amides is 1. The van der Waals surface area contributed by atoms with Crippen molar-refractivity contribution in [3.63, 3.8) is 0 Å². The van der Waals surface area contributed by atoms with Crippen LogP contribution in [0.4, 0.5) is 5.13 Å². The molecule has 0 aliphatic rings. The highest BCUT2D eigenvalue weighted by atomic mass is 35.5. The Labute approximate surface area is 158 Å². The van der Waals surface area contributed by atoms with Crippen LogP contribution in [0.3, 0.4) is 0 Å². The number of benzene rings is 2. The number of ether oxygens (including phenoxy) is 1. The van der Waals surface area contributed by atoms with E-state index >= 15 is 0 Å². The van der Waals surface area contributed by atoms with Crippen LogP contribution in [-0.4, -0.2) is 22.7 Å². The molecular formula is C17H14ClN3O2S2. The average Bonchev–Trinajstić information content (AvgIpc) is 3.06. The van der Waals surface area contributed by atoms with Crippen LogP contribution in [0, 0.1) is 0 Å². The number of aromatic nitrogens is 2. The fourth-order valence-electron chi connectivity index (χ4n) is 1.91. The standard InChI is InChI=1S/C17H14ClN3O2S2/c18-13-6-4-5-12(9-13)11-24-17-21-20-16(25-17)19-15(22)10-23-14-7-2-1-3-8-14/h1-9H,10-11H2,(H,19,20,22). The van der Waals surface area contributed by atoms with E-state index in [9.17, 15) is 4.79 Å². The number of anilines is 1. The molecule has 5 nitrogen and oxygen atoms in total. The molecule has 0 aliphatic carbocycles. The van der Waals surface area contributed by atoms with Gasteiger partial charge in [0, 0.05) is 10.8 Å². The van der Waals surface area contributed by atoms with Crippen molar-refractivity contribution in [2.75, 3.05) is 11.9 Å². The number of para-hydroxylation sites is 1. The van der Waals surface area contributed by atoms with Crippen molar-refractivity contribution < 1.29 is 9.53 Å². The summed E-state index contributed by atoms with van der Waals surface area (Å²) in [4.78, 5) is 11.9. The summed E-state index contributed by atoms with van der Waals surface area (Å²) in [5.41, 5.74) is 1.11. The minimum Gasteiger partial charge on any atom is -0.484 e. The largest absolute Gasteiger partial charge is 0.484 e. The Kier molecular flexibility index (Phi) is 6.27. The summed E-state index contributed by atoms with van der Waals surface area (Å²) in [7, 11) is 0. The maximum absolute atomic E-state index is 11.9. The number of hydrogen-bond donors (Lipinski definition) is 1. The Morgan fingerprint density at radius 3 is 2.80 bits per heavy atom. The molecule has 0 atom stereocenters. The van der Waals surface area contributed by atoms with Crippen LogP contribution in [0.2, 0.25) is 5.02 Å². The van der Waals surface area contributed by atoms with Gasteiger partial charge in [0.25, 0.3) is 5.91 Å². The van der Waals surface area contributed by atoms with Crippen LogP contribution in [0.25, 0.3) is 0 Å². The molecule has 8 heteroatoms. The minimum absolute atomic E-state index is 0.0748.